The Bertz CT molecular complexity index is 1520. The lowest BCUT2D eigenvalue weighted by Gasteiger charge is -2.32. The molecule has 3 aromatic rings. The number of nitro groups is 1. The highest BCUT2D eigenvalue weighted by Gasteiger charge is 2.39. The topological polar surface area (TPSA) is 144 Å². The fraction of sp³-hybridized carbons (Fsp3) is 0.393. The first-order valence-corrected chi connectivity index (χ1v) is 12.8. The summed E-state index contributed by atoms with van der Waals surface area (Å²) >= 11 is 6.27. The van der Waals surface area contributed by atoms with Crippen molar-refractivity contribution in [3.05, 3.63) is 67.3 Å². The Morgan fingerprint density at radius 3 is 2.50 bits per heavy atom. The Kier molecular flexibility index (Phi) is 8.45. The fourth-order valence-electron chi connectivity index (χ4n) is 4.60. The molecule has 0 bridgehead atoms. The summed E-state index contributed by atoms with van der Waals surface area (Å²) in [7, 11) is 2.53. The number of hydrogen-bond donors (Lipinski definition) is 0. The summed E-state index contributed by atoms with van der Waals surface area (Å²) < 4.78 is 27.3. The van der Waals surface area contributed by atoms with E-state index in [4.69, 9.17) is 35.0 Å². The molecule has 0 atom stereocenters. The van der Waals surface area contributed by atoms with Gasteiger partial charge in [-0.25, -0.2) is 0 Å². The van der Waals surface area contributed by atoms with E-state index >= 15 is 0 Å². The number of carbonyl (C=O) groups excluding carboxylic acids is 2. The molecule has 1 heterocycles. The number of halogens is 1. The van der Waals surface area contributed by atoms with E-state index in [9.17, 15) is 24.5 Å². The molecule has 212 valence electrons. The predicted octanol–water partition coefficient (Wildman–Crippen LogP) is 4.82. The van der Waals surface area contributed by atoms with Gasteiger partial charge in [0.25, 0.3) is 5.69 Å². The standard InChI is InChI=1S/C28H28ClNO10/c1-28(2,27(33)37-4)19-13-23(39-9-8-38-16-10-15(11-16)26(32)36-3)18(12-21(19)30(34)35)24-14-22(31)17-6-5-7-20(29)25(17)40-24/h5-7,12-16H,8-11H2,1-4H3. The van der Waals surface area contributed by atoms with E-state index < -0.39 is 21.7 Å². The van der Waals surface area contributed by atoms with E-state index in [1.807, 2.05) is 0 Å². The normalized spacial score (nSPS) is 16.7. The third-order valence-electron chi connectivity index (χ3n) is 6.96. The molecule has 2 aromatic carbocycles. The predicted molar refractivity (Wildman–Crippen MR) is 145 cm³/mol. The van der Waals surface area contributed by atoms with Crippen LogP contribution in [0.25, 0.3) is 22.3 Å². The van der Waals surface area contributed by atoms with Gasteiger partial charge in [-0.15, -0.1) is 0 Å². The molecule has 4 rings (SSSR count). The molecule has 1 aliphatic carbocycles. The van der Waals surface area contributed by atoms with Gasteiger partial charge in [0.05, 0.1) is 64.7 Å². The molecule has 11 nitrogen and oxygen atoms in total. The van der Waals surface area contributed by atoms with Crippen molar-refractivity contribution >= 4 is 40.2 Å². The summed E-state index contributed by atoms with van der Waals surface area (Å²) in [5, 5.41) is 12.6. The van der Waals surface area contributed by atoms with Crippen LogP contribution in [0, 0.1) is 16.0 Å². The van der Waals surface area contributed by atoms with E-state index in [2.05, 4.69) is 0 Å². The van der Waals surface area contributed by atoms with Crippen molar-refractivity contribution in [1.29, 1.82) is 0 Å². The van der Waals surface area contributed by atoms with Gasteiger partial charge >= 0.3 is 11.9 Å². The number of hydrogen-bond acceptors (Lipinski definition) is 10. The highest BCUT2D eigenvalue weighted by Crippen LogP contribution is 2.42. The first kappa shape index (κ1) is 29.0. The van der Waals surface area contributed by atoms with Crippen molar-refractivity contribution in [2.24, 2.45) is 5.92 Å². The number of carbonyl (C=O) groups is 2. The third kappa shape index (κ3) is 5.66. The minimum absolute atomic E-state index is 0.00745. The maximum atomic E-state index is 12.9. The summed E-state index contributed by atoms with van der Waals surface area (Å²) in [5.74, 6) is -1.04. The molecule has 0 aliphatic heterocycles. The van der Waals surface area contributed by atoms with Gasteiger partial charge in [0.2, 0.25) is 0 Å². The number of rotatable bonds is 10. The number of ether oxygens (including phenoxy) is 4. The number of nitro benzene ring substituents is 1. The van der Waals surface area contributed by atoms with Crippen LogP contribution in [0.4, 0.5) is 5.69 Å². The third-order valence-corrected chi connectivity index (χ3v) is 7.26. The maximum Gasteiger partial charge on any atom is 0.315 e. The molecule has 0 N–H and O–H groups in total. The van der Waals surface area contributed by atoms with E-state index in [1.54, 1.807) is 18.2 Å². The Morgan fingerprint density at radius 1 is 1.12 bits per heavy atom. The lowest BCUT2D eigenvalue weighted by Crippen LogP contribution is -2.37. The molecule has 0 unspecified atom stereocenters. The van der Waals surface area contributed by atoms with E-state index in [0.29, 0.717) is 12.8 Å². The van der Waals surface area contributed by atoms with Crippen LogP contribution in [0.15, 0.2) is 45.6 Å². The number of nitrogens with zero attached hydrogens (tertiary/aromatic N) is 1. The number of esters is 2. The average Bonchev–Trinajstić information content (AvgIpc) is 2.90. The molecule has 0 amide bonds. The minimum Gasteiger partial charge on any atom is -0.490 e. The van der Waals surface area contributed by atoms with Gasteiger partial charge in [0.1, 0.15) is 18.1 Å². The van der Waals surface area contributed by atoms with Crippen LogP contribution in [-0.4, -0.2) is 50.4 Å². The molecule has 1 aliphatic rings. The van der Waals surface area contributed by atoms with Gasteiger partial charge in [-0.3, -0.25) is 24.5 Å². The summed E-state index contributed by atoms with van der Waals surface area (Å²) in [4.78, 5) is 48.5. The molecule has 0 radical (unpaired) electrons. The fourth-order valence-corrected chi connectivity index (χ4v) is 4.81. The van der Waals surface area contributed by atoms with Crippen molar-refractivity contribution in [3.63, 3.8) is 0 Å². The molecule has 0 saturated heterocycles. The number of benzene rings is 2. The van der Waals surface area contributed by atoms with Crippen molar-refractivity contribution in [3.8, 4) is 17.1 Å². The highest BCUT2D eigenvalue weighted by atomic mass is 35.5. The van der Waals surface area contributed by atoms with Crippen molar-refractivity contribution in [1.82, 2.24) is 0 Å². The zero-order valence-corrected chi connectivity index (χ0v) is 23.1. The lowest BCUT2D eigenvalue weighted by molar-refractivity contribution is -0.385. The van der Waals surface area contributed by atoms with Crippen LogP contribution in [0.5, 0.6) is 5.75 Å². The van der Waals surface area contributed by atoms with Crippen molar-refractivity contribution < 1.29 is 37.9 Å². The molecule has 12 heteroatoms. The van der Waals surface area contributed by atoms with Gasteiger partial charge in [-0.2, -0.15) is 0 Å². The summed E-state index contributed by atoms with van der Waals surface area (Å²) in [6.45, 7) is 3.18. The second-order valence-corrected chi connectivity index (χ2v) is 10.3. The molecule has 1 saturated carbocycles. The van der Waals surface area contributed by atoms with Gasteiger partial charge in [0.15, 0.2) is 11.0 Å². The highest BCUT2D eigenvalue weighted by molar-refractivity contribution is 6.34. The zero-order valence-electron chi connectivity index (χ0n) is 22.4. The van der Waals surface area contributed by atoms with Crippen LogP contribution in [0.3, 0.4) is 0 Å². The van der Waals surface area contributed by atoms with E-state index in [-0.39, 0.29) is 75.5 Å². The molecule has 1 fully saturated rings. The second kappa shape index (κ2) is 11.6. The van der Waals surface area contributed by atoms with Gasteiger partial charge in [-0.05, 0) is 44.9 Å². The number of methoxy groups -OCH3 is 2. The smallest absolute Gasteiger partial charge is 0.315 e. The molecular weight excluding hydrogens is 546 g/mol. The maximum absolute atomic E-state index is 12.9. The average molecular weight is 574 g/mol. The van der Waals surface area contributed by atoms with Crippen LogP contribution in [-0.2, 0) is 29.2 Å². The van der Waals surface area contributed by atoms with Gasteiger partial charge < -0.3 is 23.4 Å². The molecular formula is C28H28ClNO10. The lowest BCUT2D eigenvalue weighted by atomic mass is 9.82. The van der Waals surface area contributed by atoms with E-state index in [1.165, 1.54) is 46.3 Å². The number of para-hydroxylation sites is 1. The number of fused-ring (bicyclic) bond motifs is 1. The molecule has 0 spiro atoms. The Balaban J connectivity index is 1.72. The monoisotopic (exact) mass is 573 g/mol. The minimum atomic E-state index is -1.41. The van der Waals surface area contributed by atoms with Gasteiger partial charge in [0, 0.05) is 12.1 Å². The molecule has 1 aromatic heterocycles. The van der Waals surface area contributed by atoms with E-state index in [0.717, 1.165) is 0 Å². The first-order valence-electron chi connectivity index (χ1n) is 12.4. The molecule has 40 heavy (non-hydrogen) atoms. The Labute approximate surface area is 234 Å². The van der Waals surface area contributed by atoms with Crippen LogP contribution in [0.1, 0.15) is 32.3 Å². The van der Waals surface area contributed by atoms with Crippen LogP contribution < -0.4 is 10.2 Å². The quantitative estimate of drug-likeness (QED) is 0.143. The summed E-state index contributed by atoms with van der Waals surface area (Å²) in [5.41, 5.74) is -1.92. The Hall–Kier alpha value is -3.96. The second-order valence-electron chi connectivity index (χ2n) is 9.86. The summed E-state index contributed by atoms with van der Waals surface area (Å²) in [6, 6.07) is 8.50. The summed E-state index contributed by atoms with van der Waals surface area (Å²) in [6.07, 6.45) is 0.949. The van der Waals surface area contributed by atoms with Crippen LogP contribution in [0.2, 0.25) is 5.02 Å². The van der Waals surface area contributed by atoms with Gasteiger partial charge in [-0.1, -0.05) is 17.7 Å². The zero-order chi connectivity index (χ0) is 29.2. The Morgan fingerprint density at radius 2 is 1.85 bits per heavy atom. The van der Waals surface area contributed by atoms with Crippen LogP contribution >= 0.6 is 11.6 Å². The SMILES string of the molecule is COC(=O)C1CC(OCCOc2cc(C(C)(C)C(=O)OC)c([N+](=O)[O-])cc2-c2cc(=O)c3cccc(Cl)c3o2)C1. The van der Waals surface area contributed by atoms with Crippen molar-refractivity contribution in [2.75, 3.05) is 27.4 Å². The first-order chi connectivity index (χ1) is 19.0. The van der Waals surface area contributed by atoms with Crippen molar-refractivity contribution in [2.45, 2.75) is 38.2 Å². The largest absolute Gasteiger partial charge is 0.490 e.